The monoisotopic (exact) mass is 349 g/mol. The number of rotatable bonds is 5. The molecule has 3 heterocycles. The molecule has 3 aromatic rings. The van der Waals surface area contributed by atoms with Crippen LogP contribution in [0, 0.1) is 0 Å². The van der Waals surface area contributed by atoms with Crippen LogP contribution in [0.3, 0.4) is 0 Å². The first-order chi connectivity index (χ1) is 12.8. The molecule has 0 unspecified atom stereocenters. The maximum atomic E-state index is 11.9. The molecule has 7 nitrogen and oxygen atoms in total. The Hall–Kier alpha value is -3.06. The average molecular weight is 349 g/mol. The molecule has 0 N–H and O–H groups in total. The lowest BCUT2D eigenvalue weighted by Gasteiger charge is -2.15. The quantitative estimate of drug-likeness (QED) is 0.708. The van der Waals surface area contributed by atoms with Crippen molar-refractivity contribution in [2.24, 2.45) is 0 Å². The summed E-state index contributed by atoms with van der Waals surface area (Å²) in [6.45, 7) is 1.11. The van der Waals surface area contributed by atoms with Gasteiger partial charge in [0.1, 0.15) is 6.61 Å². The van der Waals surface area contributed by atoms with Gasteiger partial charge in [-0.2, -0.15) is 0 Å². The van der Waals surface area contributed by atoms with E-state index in [1.165, 1.54) is 0 Å². The summed E-state index contributed by atoms with van der Waals surface area (Å²) in [5, 5.41) is 4.53. The molecular formula is C19H19N5O2. The fraction of sp³-hybridized carbons (Fsp3) is 0.263. The van der Waals surface area contributed by atoms with E-state index in [4.69, 9.17) is 4.74 Å². The number of aromatic nitrogens is 4. The zero-order valence-corrected chi connectivity index (χ0v) is 14.5. The lowest BCUT2D eigenvalue weighted by atomic mass is 10.2. The molecule has 0 saturated carbocycles. The third-order valence-electron chi connectivity index (χ3n) is 4.33. The SMILES string of the molecule is COCc1nc(-c2ccc(N3CCCC3=O)cc2)n(-c2cccnc2)n1. The summed E-state index contributed by atoms with van der Waals surface area (Å²) in [5.74, 6) is 1.49. The van der Waals surface area contributed by atoms with Crippen LogP contribution in [0.2, 0.25) is 0 Å². The van der Waals surface area contributed by atoms with Gasteiger partial charge < -0.3 is 9.64 Å². The Morgan fingerprint density at radius 3 is 2.65 bits per heavy atom. The molecule has 4 rings (SSSR count). The van der Waals surface area contributed by atoms with Gasteiger partial charge >= 0.3 is 0 Å². The number of hydrogen-bond acceptors (Lipinski definition) is 5. The first-order valence-corrected chi connectivity index (χ1v) is 8.52. The molecule has 2 aromatic heterocycles. The lowest BCUT2D eigenvalue weighted by molar-refractivity contribution is -0.117. The van der Waals surface area contributed by atoms with Crippen molar-refractivity contribution in [1.82, 2.24) is 19.7 Å². The Labute approximate surface area is 151 Å². The van der Waals surface area contributed by atoms with Gasteiger partial charge in [-0.1, -0.05) is 0 Å². The lowest BCUT2D eigenvalue weighted by Crippen LogP contribution is -2.23. The summed E-state index contributed by atoms with van der Waals surface area (Å²) in [6, 6.07) is 11.6. The third kappa shape index (κ3) is 3.09. The highest BCUT2D eigenvalue weighted by molar-refractivity contribution is 5.95. The summed E-state index contributed by atoms with van der Waals surface area (Å²) in [5.41, 5.74) is 2.66. The predicted octanol–water partition coefficient (Wildman–Crippen LogP) is 2.60. The number of methoxy groups -OCH3 is 1. The summed E-state index contributed by atoms with van der Waals surface area (Å²) >= 11 is 0. The number of nitrogens with zero attached hydrogens (tertiary/aromatic N) is 5. The molecule has 7 heteroatoms. The smallest absolute Gasteiger partial charge is 0.227 e. The summed E-state index contributed by atoms with van der Waals surface area (Å²) in [6.07, 6.45) is 5.00. The van der Waals surface area contributed by atoms with E-state index in [2.05, 4.69) is 15.1 Å². The van der Waals surface area contributed by atoms with Gasteiger partial charge in [0.15, 0.2) is 11.6 Å². The molecule has 1 aliphatic rings. The molecule has 0 atom stereocenters. The van der Waals surface area contributed by atoms with E-state index in [1.54, 1.807) is 24.2 Å². The van der Waals surface area contributed by atoms with Crippen molar-refractivity contribution in [3.05, 3.63) is 54.6 Å². The van der Waals surface area contributed by atoms with Gasteiger partial charge in [0.05, 0.1) is 11.9 Å². The van der Waals surface area contributed by atoms with E-state index in [1.807, 2.05) is 41.3 Å². The Kier molecular flexibility index (Phi) is 4.45. The first kappa shape index (κ1) is 16.4. The van der Waals surface area contributed by atoms with Crippen molar-refractivity contribution in [3.8, 4) is 17.1 Å². The van der Waals surface area contributed by atoms with Gasteiger partial charge in [0, 0.05) is 37.5 Å². The highest BCUT2D eigenvalue weighted by Gasteiger charge is 2.22. The van der Waals surface area contributed by atoms with Crippen LogP contribution < -0.4 is 4.90 Å². The van der Waals surface area contributed by atoms with Crippen LogP contribution in [-0.4, -0.2) is 39.3 Å². The highest BCUT2D eigenvalue weighted by atomic mass is 16.5. The molecule has 0 radical (unpaired) electrons. The predicted molar refractivity (Wildman–Crippen MR) is 96.9 cm³/mol. The van der Waals surface area contributed by atoms with E-state index in [-0.39, 0.29) is 5.91 Å². The Bertz CT molecular complexity index is 905. The number of benzene rings is 1. The Balaban J connectivity index is 1.71. The van der Waals surface area contributed by atoms with Crippen molar-refractivity contribution in [3.63, 3.8) is 0 Å². The maximum absolute atomic E-state index is 11.9. The largest absolute Gasteiger partial charge is 0.377 e. The van der Waals surface area contributed by atoms with Crippen LogP contribution in [0.5, 0.6) is 0 Å². The van der Waals surface area contributed by atoms with Gasteiger partial charge in [-0.15, -0.1) is 5.10 Å². The number of anilines is 1. The standard InChI is InChI=1S/C19H19N5O2/c1-26-13-17-21-19(24(22-17)16-4-2-10-20-12-16)14-6-8-15(9-7-14)23-11-3-5-18(23)25/h2,4,6-10,12H,3,5,11,13H2,1H3. The zero-order valence-electron chi connectivity index (χ0n) is 14.5. The second-order valence-electron chi connectivity index (χ2n) is 6.10. The Morgan fingerprint density at radius 2 is 2.00 bits per heavy atom. The number of carbonyl (C=O) groups is 1. The number of amides is 1. The minimum Gasteiger partial charge on any atom is -0.377 e. The summed E-state index contributed by atoms with van der Waals surface area (Å²) in [4.78, 5) is 22.5. The summed E-state index contributed by atoms with van der Waals surface area (Å²) in [7, 11) is 1.62. The van der Waals surface area contributed by atoms with Crippen molar-refractivity contribution in [2.75, 3.05) is 18.6 Å². The molecule has 26 heavy (non-hydrogen) atoms. The third-order valence-corrected chi connectivity index (χ3v) is 4.33. The normalized spacial score (nSPS) is 14.2. The molecule has 1 amide bonds. The second kappa shape index (κ2) is 7.05. The molecule has 132 valence electrons. The zero-order chi connectivity index (χ0) is 17.9. The Morgan fingerprint density at radius 1 is 1.15 bits per heavy atom. The van der Waals surface area contributed by atoms with Crippen LogP contribution in [0.1, 0.15) is 18.7 Å². The number of carbonyl (C=O) groups excluding carboxylic acids is 1. The van der Waals surface area contributed by atoms with E-state index >= 15 is 0 Å². The first-order valence-electron chi connectivity index (χ1n) is 8.52. The van der Waals surface area contributed by atoms with Crippen LogP contribution in [-0.2, 0) is 16.1 Å². The van der Waals surface area contributed by atoms with Crippen LogP contribution in [0.4, 0.5) is 5.69 Å². The molecule has 0 aliphatic carbocycles. The molecule has 1 fully saturated rings. The van der Waals surface area contributed by atoms with E-state index in [0.29, 0.717) is 24.7 Å². The van der Waals surface area contributed by atoms with Crippen molar-refractivity contribution >= 4 is 11.6 Å². The molecular weight excluding hydrogens is 330 g/mol. The van der Waals surface area contributed by atoms with Crippen molar-refractivity contribution in [2.45, 2.75) is 19.4 Å². The number of ether oxygens (including phenoxy) is 1. The van der Waals surface area contributed by atoms with E-state index < -0.39 is 0 Å². The van der Waals surface area contributed by atoms with Crippen LogP contribution in [0.15, 0.2) is 48.8 Å². The van der Waals surface area contributed by atoms with Gasteiger partial charge in [0.25, 0.3) is 0 Å². The van der Waals surface area contributed by atoms with Gasteiger partial charge in [0.2, 0.25) is 5.91 Å². The molecule has 0 spiro atoms. The second-order valence-corrected chi connectivity index (χ2v) is 6.10. The minimum absolute atomic E-state index is 0.179. The van der Waals surface area contributed by atoms with Crippen molar-refractivity contribution < 1.29 is 9.53 Å². The number of pyridine rings is 1. The topological polar surface area (TPSA) is 73.1 Å². The molecule has 1 aliphatic heterocycles. The maximum Gasteiger partial charge on any atom is 0.227 e. The highest BCUT2D eigenvalue weighted by Crippen LogP contribution is 2.26. The molecule has 1 saturated heterocycles. The van der Waals surface area contributed by atoms with E-state index in [9.17, 15) is 4.79 Å². The van der Waals surface area contributed by atoms with Crippen LogP contribution >= 0.6 is 0 Å². The van der Waals surface area contributed by atoms with Gasteiger partial charge in [-0.3, -0.25) is 9.78 Å². The molecule has 0 bridgehead atoms. The van der Waals surface area contributed by atoms with Crippen molar-refractivity contribution in [1.29, 1.82) is 0 Å². The van der Waals surface area contributed by atoms with Gasteiger partial charge in [-0.05, 0) is 42.8 Å². The number of hydrogen-bond donors (Lipinski definition) is 0. The van der Waals surface area contributed by atoms with Gasteiger partial charge in [-0.25, -0.2) is 9.67 Å². The van der Waals surface area contributed by atoms with Crippen LogP contribution in [0.25, 0.3) is 17.1 Å². The average Bonchev–Trinajstić information content (AvgIpc) is 3.29. The fourth-order valence-electron chi connectivity index (χ4n) is 3.10. The minimum atomic E-state index is 0.179. The van der Waals surface area contributed by atoms with E-state index in [0.717, 1.165) is 29.9 Å². The molecule has 1 aromatic carbocycles. The summed E-state index contributed by atoms with van der Waals surface area (Å²) < 4.78 is 6.93. The fourth-order valence-corrected chi connectivity index (χ4v) is 3.10.